The average Bonchev–Trinajstić information content (AvgIpc) is 3.02. The van der Waals surface area contributed by atoms with Crippen LogP contribution in [0.3, 0.4) is 0 Å². The van der Waals surface area contributed by atoms with E-state index in [-0.39, 0.29) is 5.89 Å². The Labute approximate surface area is 119 Å². The summed E-state index contributed by atoms with van der Waals surface area (Å²) in [6.45, 7) is -1.71. The first kappa shape index (κ1) is 13.9. The van der Waals surface area contributed by atoms with Crippen LogP contribution in [0.15, 0.2) is 16.7 Å². The van der Waals surface area contributed by atoms with Crippen LogP contribution in [0, 0.1) is 0 Å². The molecule has 7 nitrogen and oxygen atoms in total. The van der Waals surface area contributed by atoms with Gasteiger partial charge in [0.25, 0.3) is 5.89 Å². The minimum atomic E-state index is -4.79. The van der Waals surface area contributed by atoms with Gasteiger partial charge < -0.3 is 14.4 Å². The van der Waals surface area contributed by atoms with Crippen LogP contribution in [-0.2, 0) is 0 Å². The zero-order valence-electron chi connectivity index (χ0n) is 10.2. The summed E-state index contributed by atoms with van der Waals surface area (Å²) in [5.74, 6) is -1.22. The van der Waals surface area contributed by atoms with Crippen LogP contribution >= 0.6 is 11.5 Å². The number of aliphatic hydroxyl groups is 1. The van der Waals surface area contributed by atoms with E-state index in [4.69, 9.17) is 4.42 Å². The normalized spacial score (nSPS) is 17.6. The van der Waals surface area contributed by atoms with E-state index in [2.05, 4.69) is 14.6 Å². The van der Waals surface area contributed by atoms with Crippen molar-refractivity contribution in [3.63, 3.8) is 0 Å². The largest absolute Gasteiger partial charge is 0.420 e. The third kappa shape index (κ3) is 2.27. The summed E-state index contributed by atoms with van der Waals surface area (Å²) in [5, 5.41) is 16.4. The lowest BCUT2D eigenvalue weighted by atomic mass is 9.93. The molecule has 11 heteroatoms. The van der Waals surface area contributed by atoms with E-state index in [0.717, 1.165) is 16.4 Å². The van der Waals surface area contributed by atoms with Gasteiger partial charge in [0.2, 0.25) is 0 Å². The van der Waals surface area contributed by atoms with Gasteiger partial charge in [-0.25, -0.2) is 4.37 Å². The molecule has 0 unspecified atom stereocenters. The van der Waals surface area contributed by atoms with Gasteiger partial charge in [-0.3, -0.25) is 4.79 Å². The Morgan fingerprint density at radius 1 is 1.43 bits per heavy atom. The molecule has 21 heavy (non-hydrogen) atoms. The maximum absolute atomic E-state index is 12.5. The molecular formula is C10H7F3N4O3S. The molecule has 1 fully saturated rings. The van der Waals surface area contributed by atoms with Crippen LogP contribution in [0.1, 0.15) is 10.7 Å². The van der Waals surface area contributed by atoms with Crippen molar-refractivity contribution in [2.75, 3.05) is 13.1 Å². The van der Waals surface area contributed by atoms with Gasteiger partial charge in [-0.05, 0) is 17.6 Å². The van der Waals surface area contributed by atoms with E-state index in [0.29, 0.717) is 4.88 Å². The van der Waals surface area contributed by atoms with Gasteiger partial charge in [0, 0.05) is 6.20 Å². The predicted molar refractivity (Wildman–Crippen MR) is 62.3 cm³/mol. The minimum Gasteiger partial charge on any atom is -0.411 e. The monoisotopic (exact) mass is 320 g/mol. The molecule has 3 rings (SSSR count). The molecule has 2 aromatic rings. The number of hydrogen-bond acceptors (Lipinski definition) is 7. The van der Waals surface area contributed by atoms with Gasteiger partial charge in [0.05, 0.1) is 13.1 Å². The number of amides is 1. The van der Waals surface area contributed by atoms with Crippen molar-refractivity contribution >= 4 is 17.4 Å². The fourth-order valence-corrected chi connectivity index (χ4v) is 2.30. The van der Waals surface area contributed by atoms with E-state index in [1.807, 2.05) is 0 Å². The third-order valence-corrected chi connectivity index (χ3v) is 3.71. The van der Waals surface area contributed by atoms with Crippen molar-refractivity contribution in [2.45, 2.75) is 11.8 Å². The van der Waals surface area contributed by atoms with E-state index < -0.39 is 36.7 Å². The van der Waals surface area contributed by atoms with Gasteiger partial charge >= 0.3 is 18.0 Å². The Kier molecular flexibility index (Phi) is 2.99. The van der Waals surface area contributed by atoms with Gasteiger partial charge in [-0.1, -0.05) is 0 Å². The lowest BCUT2D eigenvalue weighted by molar-refractivity contribution is -0.294. The molecule has 0 aromatic carbocycles. The topological polar surface area (TPSA) is 92.3 Å². The van der Waals surface area contributed by atoms with Crippen LogP contribution in [0.4, 0.5) is 13.2 Å². The minimum absolute atomic E-state index is 0.0625. The molecule has 1 aliphatic rings. The molecular weight excluding hydrogens is 313 g/mol. The molecule has 1 N–H and O–H groups in total. The van der Waals surface area contributed by atoms with Gasteiger partial charge in [-0.15, -0.1) is 10.2 Å². The van der Waals surface area contributed by atoms with E-state index in [1.165, 1.54) is 6.20 Å². The van der Waals surface area contributed by atoms with Gasteiger partial charge in [-0.2, -0.15) is 13.2 Å². The maximum Gasteiger partial charge on any atom is 0.420 e. The summed E-state index contributed by atoms with van der Waals surface area (Å²) < 4.78 is 46.3. The second kappa shape index (κ2) is 4.49. The summed E-state index contributed by atoms with van der Waals surface area (Å²) in [4.78, 5) is 13.2. The Morgan fingerprint density at radius 3 is 2.71 bits per heavy atom. The number of β-amino-alcohol motifs (C(OH)–C–C–N with tert-alkyl or cyclic N) is 1. The molecule has 0 bridgehead atoms. The lowest BCUT2D eigenvalue weighted by Crippen LogP contribution is -2.70. The molecule has 0 spiro atoms. The SMILES string of the molecule is O=C(c1nnc(-c2ccns2)o1)N1CC(O)(C(F)(F)F)C1. The first-order chi connectivity index (χ1) is 9.80. The highest BCUT2D eigenvalue weighted by atomic mass is 32.1. The average molecular weight is 320 g/mol. The number of alkyl halides is 3. The Hall–Kier alpha value is -2.01. The number of carbonyl (C=O) groups is 1. The first-order valence-corrected chi connectivity index (χ1v) is 6.40. The van der Waals surface area contributed by atoms with Crippen molar-refractivity contribution < 1.29 is 27.5 Å². The van der Waals surface area contributed by atoms with Crippen LogP contribution in [0.25, 0.3) is 10.8 Å². The molecule has 112 valence electrons. The second-order valence-electron chi connectivity index (χ2n) is 4.48. The fraction of sp³-hybridized carbons (Fsp3) is 0.400. The van der Waals surface area contributed by atoms with Crippen LogP contribution in [0.2, 0.25) is 0 Å². The number of rotatable bonds is 2. The molecule has 0 aliphatic carbocycles. The maximum atomic E-state index is 12.5. The van der Waals surface area contributed by atoms with Crippen molar-refractivity contribution in [2.24, 2.45) is 0 Å². The van der Waals surface area contributed by atoms with Crippen LogP contribution in [0.5, 0.6) is 0 Å². The van der Waals surface area contributed by atoms with Crippen molar-refractivity contribution in [3.05, 3.63) is 18.2 Å². The predicted octanol–water partition coefficient (Wildman–Crippen LogP) is 0.942. The van der Waals surface area contributed by atoms with Crippen molar-refractivity contribution in [1.82, 2.24) is 19.5 Å². The molecule has 2 aromatic heterocycles. The number of carbonyl (C=O) groups excluding carboxylic acids is 1. The summed E-state index contributed by atoms with van der Waals surface area (Å²) in [6, 6.07) is 1.60. The number of hydrogen-bond donors (Lipinski definition) is 1. The number of halogens is 3. The Morgan fingerprint density at radius 2 is 2.14 bits per heavy atom. The summed E-state index contributed by atoms with van der Waals surface area (Å²) in [7, 11) is 0. The van der Waals surface area contributed by atoms with E-state index >= 15 is 0 Å². The zero-order valence-corrected chi connectivity index (χ0v) is 11.0. The quantitative estimate of drug-likeness (QED) is 0.885. The highest BCUT2D eigenvalue weighted by Crippen LogP contribution is 2.38. The molecule has 1 saturated heterocycles. The first-order valence-electron chi connectivity index (χ1n) is 5.63. The van der Waals surface area contributed by atoms with Gasteiger partial charge in [0.15, 0.2) is 5.60 Å². The molecule has 3 heterocycles. The number of likely N-dealkylation sites (tertiary alicyclic amines) is 1. The Bertz CT molecular complexity index is 663. The standard InChI is InChI=1S/C10H7F3N4O3S/c11-10(12,13)9(19)3-17(4-9)8(18)7-16-15-6(20-7)5-1-2-14-21-5/h1-2,19H,3-4H2. The number of nitrogens with zero attached hydrogens (tertiary/aromatic N) is 4. The Balaban J connectivity index is 1.71. The van der Waals surface area contributed by atoms with Crippen molar-refractivity contribution in [3.8, 4) is 10.8 Å². The smallest absolute Gasteiger partial charge is 0.411 e. The highest BCUT2D eigenvalue weighted by Gasteiger charge is 2.62. The summed E-state index contributed by atoms with van der Waals surface area (Å²) >= 11 is 1.07. The fourth-order valence-electron chi connectivity index (χ4n) is 1.78. The molecule has 1 amide bonds. The lowest BCUT2D eigenvalue weighted by Gasteiger charge is -2.46. The highest BCUT2D eigenvalue weighted by molar-refractivity contribution is 7.09. The van der Waals surface area contributed by atoms with E-state index in [1.54, 1.807) is 6.07 Å². The van der Waals surface area contributed by atoms with Gasteiger partial charge in [0.1, 0.15) is 4.88 Å². The van der Waals surface area contributed by atoms with E-state index in [9.17, 15) is 23.1 Å². The van der Waals surface area contributed by atoms with Crippen molar-refractivity contribution in [1.29, 1.82) is 0 Å². The molecule has 0 saturated carbocycles. The van der Waals surface area contributed by atoms with Crippen LogP contribution < -0.4 is 0 Å². The zero-order chi connectivity index (χ0) is 15.3. The third-order valence-electron chi connectivity index (χ3n) is 2.98. The molecule has 1 aliphatic heterocycles. The summed E-state index contributed by atoms with van der Waals surface area (Å²) in [6.07, 6.45) is -3.28. The molecule has 0 atom stereocenters. The second-order valence-corrected chi connectivity index (χ2v) is 5.31. The molecule has 0 radical (unpaired) electrons. The number of aromatic nitrogens is 3. The van der Waals surface area contributed by atoms with Crippen LogP contribution in [-0.4, -0.2) is 55.4 Å². The summed E-state index contributed by atoms with van der Waals surface area (Å²) in [5.41, 5.74) is -2.87.